The second kappa shape index (κ2) is 6.52. The van der Waals surface area contributed by atoms with Gasteiger partial charge in [-0.2, -0.15) is 0 Å². The predicted molar refractivity (Wildman–Crippen MR) is 94.8 cm³/mol. The first-order valence-corrected chi connectivity index (χ1v) is 8.33. The molecule has 7 nitrogen and oxygen atoms in total. The Balaban J connectivity index is 1.44. The van der Waals surface area contributed by atoms with Crippen LogP contribution in [0.25, 0.3) is 5.65 Å². The highest BCUT2D eigenvalue weighted by molar-refractivity contribution is 6.04. The fraction of sp³-hybridized carbons (Fsp3) is 0.278. The number of aliphatic hydroxyl groups is 1. The monoisotopic (exact) mass is 337 g/mol. The zero-order valence-corrected chi connectivity index (χ0v) is 13.7. The summed E-state index contributed by atoms with van der Waals surface area (Å²) in [4.78, 5) is 14.7. The largest absolute Gasteiger partial charge is 0.393 e. The zero-order valence-electron chi connectivity index (χ0n) is 13.7. The molecule has 1 aliphatic heterocycles. The maximum atomic E-state index is 12.4. The van der Waals surface area contributed by atoms with Crippen LogP contribution < -0.4 is 10.2 Å². The van der Waals surface area contributed by atoms with E-state index in [0.717, 1.165) is 37.3 Å². The van der Waals surface area contributed by atoms with Gasteiger partial charge in [0.25, 0.3) is 5.91 Å². The fourth-order valence-corrected chi connectivity index (χ4v) is 3.05. The van der Waals surface area contributed by atoms with Gasteiger partial charge in [0.05, 0.1) is 11.8 Å². The second-order valence-corrected chi connectivity index (χ2v) is 6.23. The number of pyridine rings is 1. The third kappa shape index (κ3) is 3.32. The van der Waals surface area contributed by atoms with Gasteiger partial charge in [-0.05, 0) is 49.2 Å². The van der Waals surface area contributed by atoms with E-state index in [-0.39, 0.29) is 12.0 Å². The van der Waals surface area contributed by atoms with Crippen molar-refractivity contribution in [2.45, 2.75) is 18.9 Å². The molecular formula is C18H19N5O2. The topological polar surface area (TPSA) is 82.8 Å². The van der Waals surface area contributed by atoms with Crippen molar-refractivity contribution in [3.63, 3.8) is 0 Å². The van der Waals surface area contributed by atoms with Crippen LogP contribution in [-0.2, 0) is 0 Å². The van der Waals surface area contributed by atoms with Gasteiger partial charge in [-0.25, -0.2) is 0 Å². The van der Waals surface area contributed by atoms with Crippen LogP contribution in [0.2, 0.25) is 0 Å². The summed E-state index contributed by atoms with van der Waals surface area (Å²) in [5, 5.41) is 20.2. The van der Waals surface area contributed by atoms with Gasteiger partial charge >= 0.3 is 0 Å². The minimum atomic E-state index is -0.190. The number of rotatable bonds is 3. The van der Waals surface area contributed by atoms with Crippen LogP contribution in [0.3, 0.4) is 0 Å². The number of aromatic nitrogens is 3. The lowest BCUT2D eigenvalue weighted by Gasteiger charge is -2.31. The summed E-state index contributed by atoms with van der Waals surface area (Å²) in [6.45, 7) is 1.68. The zero-order chi connectivity index (χ0) is 17.2. The van der Waals surface area contributed by atoms with Gasteiger partial charge in [-0.3, -0.25) is 9.20 Å². The van der Waals surface area contributed by atoms with E-state index >= 15 is 0 Å². The Morgan fingerprint density at radius 3 is 2.64 bits per heavy atom. The number of anilines is 2. The van der Waals surface area contributed by atoms with Gasteiger partial charge in [0, 0.05) is 30.5 Å². The fourth-order valence-electron chi connectivity index (χ4n) is 3.05. The normalized spacial score (nSPS) is 15.5. The summed E-state index contributed by atoms with van der Waals surface area (Å²) in [5.41, 5.74) is 3.10. The molecule has 1 amide bonds. The number of carbonyl (C=O) groups is 1. The van der Waals surface area contributed by atoms with E-state index in [2.05, 4.69) is 20.4 Å². The molecule has 4 rings (SSSR count). The molecule has 1 saturated heterocycles. The standard InChI is InChI=1S/C18H19N5O2/c24-16-7-9-22(10-8-16)15-4-1-13(2-5-15)18(25)20-14-3-6-17-21-19-12-23(17)11-14/h1-6,11-12,16,24H,7-10H2,(H,20,25). The number of nitrogens with zero attached hydrogens (tertiary/aromatic N) is 4. The molecule has 0 spiro atoms. The van der Waals surface area contributed by atoms with Crippen molar-refractivity contribution < 1.29 is 9.90 Å². The maximum absolute atomic E-state index is 12.4. The Hall–Kier alpha value is -2.93. The number of fused-ring (bicyclic) bond motifs is 1. The minimum absolute atomic E-state index is 0.159. The molecule has 1 aromatic carbocycles. The van der Waals surface area contributed by atoms with Crippen molar-refractivity contribution in [1.82, 2.24) is 14.6 Å². The predicted octanol–water partition coefficient (Wildman–Crippen LogP) is 1.94. The molecule has 1 aliphatic rings. The minimum Gasteiger partial charge on any atom is -0.393 e. The van der Waals surface area contributed by atoms with Crippen LogP contribution in [0.15, 0.2) is 48.9 Å². The van der Waals surface area contributed by atoms with Gasteiger partial charge in [0.15, 0.2) is 5.65 Å². The number of hydrogen-bond acceptors (Lipinski definition) is 5. The van der Waals surface area contributed by atoms with Crippen molar-refractivity contribution in [2.24, 2.45) is 0 Å². The molecule has 2 N–H and O–H groups in total. The van der Waals surface area contributed by atoms with Crippen LogP contribution in [0.5, 0.6) is 0 Å². The quantitative estimate of drug-likeness (QED) is 0.763. The number of nitrogens with one attached hydrogen (secondary N) is 1. The third-order valence-corrected chi connectivity index (χ3v) is 4.51. The summed E-state index contributed by atoms with van der Waals surface area (Å²) in [6.07, 6.45) is 4.75. The molecule has 25 heavy (non-hydrogen) atoms. The lowest BCUT2D eigenvalue weighted by atomic mass is 10.1. The molecule has 0 radical (unpaired) electrons. The highest BCUT2D eigenvalue weighted by Gasteiger charge is 2.17. The first-order valence-electron chi connectivity index (χ1n) is 8.33. The maximum Gasteiger partial charge on any atom is 0.255 e. The van der Waals surface area contributed by atoms with Crippen LogP contribution in [0.1, 0.15) is 23.2 Å². The highest BCUT2D eigenvalue weighted by Crippen LogP contribution is 2.21. The van der Waals surface area contributed by atoms with E-state index < -0.39 is 0 Å². The molecule has 0 bridgehead atoms. The van der Waals surface area contributed by atoms with E-state index in [1.165, 1.54) is 0 Å². The molecule has 0 atom stereocenters. The van der Waals surface area contributed by atoms with Crippen molar-refractivity contribution >= 4 is 22.9 Å². The van der Waals surface area contributed by atoms with Gasteiger partial charge in [-0.15, -0.1) is 10.2 Å². The molecule has 7 heteroatoms. The molecule has 3 aromatic rings. The molecule has 0 saturated carbocycles. The van der Waals surface area contributed by atoms with Crippen molar-refractivity contribution in [2.75, 3.05) is 23.3 Å². The van der Waals surface area contributed by atoms with Gasteiger partial charge in [0.1, 0.15) is 6.33 Å². The van der Waals surface area contributed by atoms with E-state index in [1.54, 1.807) is 29.1 Å². The number of carbonyl (C=O) groups excluding carboxylic acids is 1. The van der Waals surface area contributed by atoms with Crippen LogP contribution in [0, 0.1) is 0 Å². The Morgan fingerprint density at radius 2 is 1.88 bits per heavy atom. The Bertz CT molecular complexity index is 882. The van der Waals surface area contributed by atoms with Crippen LogP contribution in [0.4, 0.5) is 11.4 Å². The Morgan fingerprint density at radius 1 is 1.12 bits per heavy atom. The molecule has 0 aliphatic carbocycles. The molecule has 0 unspecified atom stereocenters. The molecule has 3 heterocycles. The van der Waals surface area contributed by atoms with Crippen molar-refractivity contribution in [3.8, 4) is 0 Å². The molecule has 2 aromatic heterocycles. The van der Waals surface area contributed by atoms with E-state index in [1.807, 2.05) is 24.3 Å². The average Bonchev–Trinajstić information content (AvgIpc) is 3.10. The summed E-state index contributed by atoms with van der Waals surface area (Å²) >= 11 is 0. The first kappa shape index (κ1) is 15.6. The smallest absolute Gasteiger partial charge is 0.255 e. The lowest BCUT2D eigenvalue weighted by molar-refractivity contribution is 0.102. The SMILES string of the molecule is O=C(Nc1ccc2nncn2c1)c1ccc(N2CCC(O)CC2)cc1. The summed E-state index contributed by atoms with van der Waals surface area (Å²) < 4.78 is 1.75. The molecular weight excluding hydrogens is 318 g/mol. The highest BCUT2D eigenvalue weighted by atomic mass is 16.3. The number of piperidine rings is 1. The number of benzene rings is 1. The molecule has 128 valence electrons. The Kier molecular flexibility index (Phi) is 4.07. The molecule has 1 fully saturated rings. The van der Waals surface area contributed by atoms with Crippen molar-refractivity contribution in [3.05, 3.63) is 54.5 Å². The lowest BCUT2D eigenvalue weighted by Crippen LogP contribution is -2.35. The van der Waals surface area contributed by atoms with Crippen molar-refractivity contribution in [1.29, 1.82) is 0 Å². The Labute approximate surface area is 144 Å². The van der Waals surface area contributed by atoms with E-state index in [0.29, 0.717) is 11.3 Å². The van der Waals surface area contributed by atoms with Gasteiger partial charge < -0.3 is 15.3 Å². The number of aliphatic hydroxyl groups excluding tert-OH is 1. The van der Waals surface area contributed by atoms with Crippen LogP contribution in [-0.4, -0.2) is 44.8 Å². The summed E-state index contributed by atoms with van der Waals surface area (Å²) in [5.74, 6) is -0.159. The summed E-state index contributed by atoms with van der Waals surface area (Å²) in [7, 11) is 0. The third-order valence-electron chi connectivity index (χ3n) is 4.51. The van der Waals surface area contributed by atoms with Crippen LogP contribution >= 0.6 is 0 Å². The van der Waals surface area contributed by atoms with Gasteiger partial charge in [-0.1, -0.05) is 0 Å². The van der Waals surface area contributed by atoms with Gasteiger partial charge in [0.2, 0.25) is 0 Å². The van der Waals surface area contributed by atoms with E-state index in [9.17, 15) is 9.90 Å². The summed E-state index contributed by atoms with van der Waals surface area (Å²) in [6, 6.07) is 11.2. The number of amides is 1. The van der Waals surface area contributed by atoms with E-state index in [4.69, 9.17) is 0 Å². The number of hydrogen-bond donors (Lipinski definition) is 2. The first-order chi connectivity index (χ1) is 12.2. The average molecular weight is 337 g/mol. The second-order valence-electron chi connectivity index (χ2n) is 6.23.